The lowest BCUT2D eigenvalue weighted by Crippen LogP contribution is -2.25. The van der Waals surface area contributed by atoms with E-state index in [-0.39, 0.29) is 42.8 Å². The van der Waals surface area contributed by atoms with Gasteiger partial charge in [-0.2, -0.15) is 39.5 Å². The molecule has 0 bridgehead atoms. The van der Waals surface area contributed by atoms with E-state index in [9.17, 15) is 44.3 Å². The van der Waals surface area contributed by atoms with Gasteiger partial charge in [-0.3, -0.25) is 4.79 Å². The molecule has 0 saturated heterocycles. The number of carbonyl (C=O) groups is 1. The van der Waals surface area contributed by atoms with Crippen LogP contribution in [-0.2, 0) is 41.1 Å². The van der Waals surface area contributed by atoms with Gasteiger partial charge in [-0.1, -0.05) is 36.4 Å². The third kappa shape index (κ3) is 9.59. The topological polar surface area (TPSA) is 64.6 Å². The molecule has 4 aromatic rings. The van der Waals surface area contributed by atoms with E-state index in [0.29, 0.717) is 23.3 Å². The first-order chi connectivity index (χ1) is 22.0. The van der Waals surface area contributed by atoms with Crippen LogP contribution in [0.5, 0.6) is 5.75 Å². The van der Waals surface area contributed by atoms with Crippen LogP contribution in [0.4, 0.5) is 45.5 Å². The molecule has 0 aliphatic heterocycles. The van der Waals surface area contributed by atoms with Crippen LogP contribution in [-0.4, -0.2) is 29.7 Å². The Morgan fingerprint density at radius 3 is 1.89 bits per heavy atom. The van der Waals surface area contributed by atoms with Crippen molar-refractivity contribution < 1.29 is 53.8 Å². The number of hydrogen-bond donors (Lipinski definition) is 0. The van der Waals surface area contributed by atoms with E-state index in [1.165, 1.54) is 30.5 Å². The highest BCUT2D eigenvalue weighted by molar-refractivity contribution is 5.69. The fourth-order valence-corrected chi connectivity index (χ4v) is 4.59. The zero-order valence-corrected chi connectivity index (χ0v) is 24.5. The van der Waals surface area contributed by atoms with Crippen molar-refractivity contribution in [2.45, 2.75) is 44.5 Å². The average Bonchev–Trinajstić information content (AvgIpc) is 3.02. The summed E-state index contributed by atoms with van der Waals surface area (Å²) in [5, 5.41) is 0. The van der Waals surface area contributed by atoms with Gasteiger partial charge < -0.3 is 14.4 Å². The molecule has 4 rings (SSSR count). The van der Waals surface area contributed by atoms with Crippen LogP contribution in [0.1, 0.15) is 40.7 Å². The fraction of sp³-hybridized carbons (Fsp3) is 0.281. The van der Waals surface area contributed by atoms with Gasteiger partial charge in [0.2, 0.25) is 5.95 Å². The second-order valence-electron chi connectivity index (χ2n) is 10.3. The zero-order valence-electron chi connectivity index (χ0n) is 24.5. The van der Waals surface area contributed by atoms with Gasteiger partial charge in [0, 0.05) is 19.5 Å². The smallest absolute Gasteiger partial charge is 0.416 e. The largest absolute Gasteiger partial charge is 0.490 e. The molecule has 250 valence electrons. The molecule has 15 heteroatoms. The Morgan fingerprint density at radius 1 is 0.745 bits per heavy atom. The molecule has 0 unspecified atom stereocenters. The summed E-state index contributed by atoms with van der Waals surface area (Å²) in [4.78, 5) is 20.8. The Kier molecular flexibility index (Phi) is 10.7. The maximum absolute atomic E-state index is 13.8. The van der Waals surface area contributed by atoms with Crippen molar-refractivity contribution in [1.29, 1.82) is 0 Å². The number of rotatable bonds is 11. The first-order valence-corrected chi connectivity index (χ1v) is 13.8. The number of halogens is 9. The summed E-state index contributed by atoms with van der Waals surface area (Å²) in [6.45, 7) is -1.02. The molecule has 1 aromatic heterocycles. The van der Waals surface area contributed by atoms with Gasteiger partial charge in [0.1, 0.15) is 0 Å². The quantitative estimate of drug-likeness (QED) is 0.0903. The van der Waals surface area contributed by atoms with Gasteiger partial charge in [-0.25, -0.2) is 9.97 Å². The first kappa shape index (κ1) is 35.0. The summed E-state index contributed by atoms with van der Waals surface area (Å²) in [6.07, 6.45) is -12.3. The highest BCUT2D eigenvalue weighted by atomic mass is 19.4. The fourth-order valence-electron chi connectivity index (χ4n) is 4.59. The lowest BCUT2D eigenvalue weighted by molar-refractivity contribution is -0.143. The predicted octanol–water partition coefficient (Wildman–Crippen LogP) is 8.74. The molecule has 0 amide bonds. The first-order valence-electron chi connectivity index (χ1n) is 13.8. The number of carbonyl (C=O) groups excluding carboxylic acids is 1. The van der Waals surface area contributed by atoms with Crippen LogP contribution in [0, 0.1) is 0 Å². The van der Waals surface area contributed by atoms with E-state index in [1.807, 2.05) is 0 Å². The minimum atomic E-state index is -5.12. The Bertz CT molecular complexity index is 1630. The Balaban J connectivity index is 1.77. The minimum absolute atomic E-state index is 0.0169. The van der Waals surface area contributed by atoms with Crippen molar-refractivity contribution in [2.75, 3.05) is 18.6 Å². The number of ether oxygens (including phenoxy) is 2. The van der Waals surface area contributed by atoms with Gasteiger partial charge in [0.25, 0.3) is 0 Å². The number of aromatic nitrogens is 2. The predicted molar refractivity (Wildman–Crippen MR) is 152 cm³/mol. The molecule has 0 radical (unpaired) electrons. The standard InChI is InChI=1S/C32H26F9N3O3/c1-46-28(45)8-5-11-47-26-16-42-29(43-17-26)44(18-20-12-24(31(36,37)38)15-25(13-20)32(39,40)41)19-22-14-23(30(33,34)35)9-10-27(22)21-6-3-2-4-7-21/h2-4,6-7,9-10,12-17H,5,8,11,18-19H2,1H3. The molecule has 3 aromatic carbocycles. The summed E-state index contributed by atoms with van der Waals surface area (Å²) in [5.41, 5.74) is -3.64. The number of esters is 1. The second kappa shape index (κ2) is 14.3. The normalized spacial score (nSPS) is 12.1. The molecule has 6 nitrogen and oxygen atoms in total. The Morgan fingerprint density at radius 2 is 1.34 bits per heavy atom. The number of anilines is 1. The molecular weight excluding hydrogens is 645 g/mol. The van der Waals surface area contributed by atoms with Crippen LogP contribution in [0.2, 0.25) is 0 Å². The maximum Gasteiger partial charge on any atom is 0.416 e. The summed E-state index contributed by atoms with van der Waals surface area (Å²) >= 11 is 0. The molecule has 0 aliphatic carbocycles. The van der Waals surface area contributed by atoms with Crippen molar-refractivity contribution in [3.05, 3.63) is 107 Å². The van der Waals surface area contributed by atoms with Crippen molar-refractivity contribution in [3.8, 4) is 16.9 Å². The average molecular weight is 672 g/mol. The molecule has 0 N–H and O–H groups in total. The highest BCUT2D eigenvalue weighted by Crippen LogP contribution is 2.38. The van der Waals surface area contributed by atoms with Crippen molar-refractivity contribution >= 4 is 11.9 Å². The van der Waals surface area contributed by atoms with Gasteiger partial charge >= 0.3 is 24.5 Å². The van der Waals surface area contributed by atoms with Crippen LogP contribution >= 0.6 is 0 Å². The highest BCUT2D eigenvalue weighted by Gasteiger charge is 2.37. The van der Waals surface area contributed by atoms with Crippen molar-refractivity contribution in [3.63, 3.8) is 0 Å². The number of alkyl halides is 9. The lowest BCUT2D eigenvalue weighted by atomic mass is 9.96. The van der Waals surface area contributed by atoms with E-state index in [1.54, 1.807) is 30.3 Å². The summed E-state index contributed by atoms with van der Waals surface area (Å²) < 4.78 is 133. The summed E-state index contributed by atoms with van der Waals surface area (Å²) in [7, 11) is 1.23. The van der Waals surface area contributed by atoms with E-state index in [4.69, 9.17) is 4.74 Å². The third-order valence-corrected chi connectivity index (χ3v) is 6.82. The molecule has 0 aliphatic rings. The molecule has 1 heterocycles. The molecule has 0 saturated carbocycles. The summed E-state index contributed by atoms with van der Waals surface area (Å²) in [6, 6.07) is 12.3. The van der Waals surface area contributed by atoms with Crippen LogP contribution in [0.25, 0.3) is 11.1 Å². The van der Waals surface area contributed by atoms with E-state index >= 15 is 0 Å². The van der Waals surface area contributed by atoms with Crippen LogP contribution in [0.15, 0.2) is 79.1 Å². The third-order valence-electron chi connectivity index (χ3n) is 6.82. The molecule has 0 spiro atoms. The summed E-state index contributed by atoms with van der Waals surface area (Å²) in [5.74, 6) is -0.543. The van der Waals surface area contributed by atoms with Gasteiger partial charge in [0.05, 0.1) is 42.8 Å². The van der Waals surface area contributed by atoms with Gasteiger partial charge in [-0.05, 0) is 59.0 Å². The van der Waals surface area contributed by atoms with Crippen molar-refractivity contribution in [1.82, 2.24) is 9.97 Å². The maximum atomic E-state index is 13.8. The minimum Gasteiger partial charge on any atom is -0.490 e. The molecular formula is C32H26F9N3O3. The van der Waals surface area contributed by atoms with Gasteiger partial charge in [-0.15, -0.1) is 0 Å². The number of methoxy groups -OCH3 is 1. The lowest BCUT2D eigenvalue weighted by Gasteiger charge is -2.26. The molecule has 47 heavy (non-hydrogen) atoms. The van der Waals surface area contributed by atoms with Crippen LogP contribution in [0.3, 0.4) is 0 Å². The van der Waals surface area contributed by atoms with E-state index < -0.39 is 59.8 Å². The van der Waals surface area contributed by atoms with E-state index in [0.717, 1.165) is 12.1 Å². The SMILES string of the molecule is COC(=O)CCCOc1cnc(N(Cc2cc(C(F)(F)F)cc(C(F)(F)F)c2)Cc2cc(C(F)(F)F)ccc2-c2ccccc2)nc1. The van der Waals surface area contributed by atoms with E-state index in [2.05, 4.69) is 14.7 Å². The Labute approximate surface area is 262 Å². The second-order valence-corrected chi connectivity index (χ2v) is 10.3. The molecule has 0 atom stereocenters. The van der Waals surface area contributed by atoms with Gasteiger partial charge in [0.15, 0.2) is 5.75 Å². The zero-order chi connectivity index (χ0) is 34.4. The number of benzene rings is 3. The Hall–Kier alpha value is -4.82. The number of nitrogens with zero attached hydrogens (tertiary/aromatic N) is 3. The van der Waals surface area contributed by atoms with Crippen LogP contribution < -0.4 is 9.64 Å². The molecule has 0 fully saturated rings. The number of hydrogen-bond acceptors (Lipinski definition) is 6. The monoisotopic (exact) mass is 671 g/mol. The van der Waals surface area contributed by atoms with Crippen molar-refractivity contribution in [2.24, 2.45) is 0 Å².